The minimum atomic E-state index is -0.393. The van der Waals surface area contributed by atoms with E-state index >= 15 is 0 Å². The van der Waals surface area contributed by atoms with Gasteiger partial charge in [-0.2, -0.15) is 0 Å². The van der Waals surface area contributed by atoms with Crippen molar-refractivity contribution >= 4 is 5.69 Å². The Morgan fingerprint density at radius 2 is 2.00 bits per heavy atom. The van der Waals surface area contributed by atoms with Gasteiger partial charge in [0.25, 0.3) is 5.69 Å². The van der Waals surface area contributed by atoms with Crippen LogP contribution in [0.15, 0.2) is 18.3 Å². The third-order valence-corrected chi connectivity index (χ3v) is 3.27. The van der Waals surface area contributed by atoms with Crippen molar-refractivity contribution in [3.05, 3.63) is 45.3 Å². The maximum atomic E-state index is 11.2. The Morgan fingerprint density at radius 1 is 1.33 bits per heavy atom. The van der Waals surface area contributed by atoms with Gasteiger partial charge in [0, 0.05) is 18.7 Å². The summed E-state index contributed by atoms with van der Waals surface area (Å²) in [5.41, 5.74) is 3.08. The van der Waals surface area contributed by atoms with E-state index in [4.69, 9.17) is 0 Å². The van der Waals surface area contributed by atoms with Crippen molar-refractivity contribution < 1.29 is 4.92 Å². The average molecular weight is 289 g/mol. The van der Waals surface area contributed by atoms with E-state index in [-0.39, 0.29) is 5.69 Å². The predicted octanol–water partition coefficient (Wildman–Crippen LogP) is 2.29. The average Bonchev–Trinajstić information content (AvgIpc) is 2.87. The van der Waals surface area contributed by atoms with Gasteiger partial charge in [-0.25, -0.2) is 4.68 Å². The molecule has 0 aliphatic carbocycles. The van der Waals surface area contributed by atoms with Gasteiger partial charge in [0.15, 0.2) is 0 Å². The maximum Gasteiger partial charge on any atom is 0.295 e. The van der Waals surface area contributed by atoms with E-state index in [1.807, 2.05) is 27.7 Å². The summed E-state index contributed by atoms with van der Waals surface area (Å²) in [5, 5.41) is 22.5. The molecule has 0 amide bonds. The molecular formula is C14H19N5O2. The molecule has 0 aliphatic heterocycles. The summed E-state index contributed by atoms with van der Waals surface area (Å²) in [4.78, 5) is 10.8. The molecule has 0 atom stereocenters. The van der Waals surface area contributed by atoms with Gasteiger partial charge in [-0.3, -0.25) is 10.1 Å². The van der Waals surface area contributed by atoms with Gasteiger partial charge >= 0.3 is 0 Å². The highest BCUT2D eigenvalue weighted by Crippen LogP contribution is 2.26. The lowest BCUT2D eigenvalue weighted by molar-refractivity contribution is -0.384. The first-order valence-electron chi connectivity index (χ1n) is 6.79. The second-order valence-electron chi connectivity index (χ2n) is 5.37. The Labute approximate surface area is 123 Å². The molecule has 0 fully saturated rings. The monoisotopic (exact) mass is 289 g/mol. The third kappa shape index (κ3) is 3.43. The molecule has 112 valence electrons. The molecule has 0 aliphatic rings. The van der Waals surface area contributed by atoms with E-state index in [2.05, 4.69) is 15.6 Å². The fourth-order valence-corrected chi connectivity index (χ4v) is 1.92. The molecule has 2 rings (SSSR count). The van der Waals surface area contributed by atoms with E-state index < -0.39 is 4.92 Å². The molecule has 0 bridgehead atoms. The molecule has 1 aromatic carbocycles. The van der Waals surface area contributed by atoms with Crippen LogP contribution in [0.25, 0.3) is 5.69 Å². The standard InChI is InChI=1S/C14H19N5O2/c1-9(2)15-7-12-8-18(17-16-12)13-5-10(3)11(4)6-14(13)19(20)21/h5-6,8-9,15H,7H2,1-4H3. The van der Waals surface area contributed by atoms with E-state index in [0.29, 0.717) is 18.3 Å². The lowest BCUT2D eigenvalue weighted by Gasteiger charge is -2.06. The highest BCUT2D eigenvalue weighted by Gasteiger charge is 2.18. The first-order valence-corrected chi connectivity index (χ1v) is 6.79. The van der Waals surface area contributed by atoms with Crippen molar-refractivity contribution in [2.45, 2.75) is 40.3 Å². The fraction of sp³-hybridized carbons (Fsp3) is 0.429. The van der Waals surface area contributed by atoms with Crippen molar-refractivity contribution in [1.29, 1.82) is 0 Å². The van der Waals surface area contributed by atoms with Gasteiger partial charge in [0.05, 0.1) is 16.8 Å². The topological polar surface area (TPSA) is 85.9 Å². The summed E-state index contributed by atoms with van der Waals surface area (Å²) in [6, 6.07) is 3.67. The van der Waals surface area contributed by atoms with Crippen LogP contribution in [-0.4, -0.2) is 26.0 Å². The lowest BCUT2D eigenvalue weighted by atomic mass is 10.1. The van der Waals surface area contributed by atoms with E-state index in [1.165, 1.54) is 4.68 Å². The number of aromatic nitrogens is 3. The number of rotatable bonds is 5. The molecular weight excluding hydrogens is 270 g/mol. The summed E-state index contributed by atoms with van der Waals surface area (Å²) < 4.78 is 1.46. The van der Waals surface area contributed by atoms with Crippen LogP contribution >= 0.6 is 0 Å². The van der Waals surface area contributed by atoms with Crippen LogP contribution in [0.3, 0.4) is 0 Å². The fourth-order valence-electron chi connectivity index (χ4n) is 1.92. The number of nitrogens with one attached hydrogen (secondary N) is 1. The number of nitro benzene ring substituents is 1. The van der Waals surface area contributed by atoms with Gasteiger partial charge in [-0.1, -0.05) is 19.1 Å². The highest BCUT2D eigenvalue weighted by atomic mass is 16.6. The predicted molar refractivity (Wildman–Crippen MR) is 79.5 cm³/mol. The maximum absolute atomic E-state index is 11.2. The van der Waals surface area contributed by atoms with Crippen LogP contribution in [0, 0.1) is 24.0 Å². The molecule has 0 unspecified atom stereocenters. The molecule has 2 aromatic rings. The number of hydrogen-bond acceptors (Lipinski definition) is 5. The normalized spacial score (nSPS) is 11.1. The van der Waals surface area contributed by atoms with Gasteiger partial charge in [0.2, 0.25) is 0 Å². The molecule has 7 heteroatoms. The summed E-state index contributed by atoms with van der Waals surface area (Å²) in [6.45, 7) is 8.43. The first kappa shape index (κ1) is 15.1. The van der Waals surface area contributed by atoms with Crippen LogP contribution < -0.4 is 5.32 Å². The van der Waals surface area contributed by atoms with Crippen LogP contribution in [0.2, 0.25) is 0 Å². The Hall–Kier alpha value is -2.28. The van der Waals surface area contributed by atoms with Crippen LogP contribution in [0.4, 0.5) is 5.69 Å². The summed E-state index contributed by atoms with van der Waals surface area (Å²) in [6.07, 6.45) is 1.71. The molecule has 0 saturated carbocycles. The van der Waals surface area contributed by atoms with Crippen molar-refractivity contribution in [3.63, 3.8) is 0 Å². The molecule has 0 spiro atoms. The van der Waals surface area contributed by atoms with E-state index in [9.17, 15) is 10.1 Å². The number of nitrogens with zero attached hydrogens (tertiary/aromatic N) is 4. The molecule has 1 aromatic heterocycles. The SMILES string of the molecule is Cc1cc(-n2cc(CNC(C)C)nn2)c([N+](=O)[O-])cc1C. The third-order valence-electron chi connectivity index (χ3n) is 3.27. The molecule has 0 saturated heterocycles. The number of aryl methyl sites for hydroxylation is 2. The van der Waals surface area contributed by atoms with Crippen molar-refractivity contribution in [3.8, 4) is 5.69 Å². The highest BCUT2D eigenvalue weighted by molar-refractivity contribution is 5.56. The summed E-state index contributed by atoms with van der Waals surface area (Å²) in [7, 11) is 0. The van der Waals surface area contributed by atoms with Gasteiger partial charge < -0.3 is 5.32 Å². The molecule has 7 nitrogen and oxygen atoms in total. The Kier molecular flexibility index (Phi) is 4.32. The van der Waals surface area contributed by atoms with Crippen LogP contribution in [-0.2, 0) is 6.54 Å². The van der Waals surface area contributed by atoms with Gasteiger partial charge in [0.1, 0.15) is 5.69 Å². The summed E-state index contributed by atoms with van der Waals surface area (Å²) >= 11 is 0. The van der Waals surface area contributed by atoms with Gasteiger partial charge in [-0.15, -0.1) is 5.10 Å². The number of nitro groups is 1. The zero-order valence-electron chi connectivity index (χ0n) is 12.6. The van der Waals surface area contributed by atoms with Crippen molar-refractivity contribution in [1.82, 2.24) is 20.3 Å². The molecule has 0 radical (unpaired) electrons. The number of benzene rings is 1. The lowest BCUT2D eigenvalue weighted by Crippen LogP contribution is -2.21. The second-order valence-corrected chi connectivity index (χ2v) is 5.37. The zero-order valence-corrected chi connectivity index (χ0v) is 12.6. The second kappa shape index (κ2) is 6.01. The quantitative estimate of drug-likeness (QED) is 0.674. The number of hydrogen-bond donors (Lipinski definition) is 1. The van der Waals surface area contributed by atoms with Crippen molar-refractivity contribution in [2.24, 2.45) is 0 Å². The molecule has 1 N–H and O–H groups in total. The largest absolute Gasteiger partial charge is 0.309 e. The minimum Gasteiger partial charge on any atom is -0.309 e. The van der Waals surface area contributed by atoms with Gasteiger partial charge in [-0.05, 0) is 31.0 Å². The Morgan fingerprint density at radius 3 is 2.62 bits per heavy atom. The Balaban J connectivity index is 2.37. The van der Waals surface area contributed by atoms with Crippen LogP contribution in [0.5, 0.6) is 0 Å². The smallest absolute Gasteiger partial charge is 0.295 e. The van der Waals surface area contributed by atoms with E-state index in [0.717, 1.165) is 16.8 Å². The minimum absolute atomic E-state index is 0.0337. The summed E-state index contributed by atoms with van der Waals surface area (Å²) in [5.74, 6) is 0. The zero-order chi connectivity index (χ0) is 15.6. The van der Waals surface area contributed by atoms with Crippen LogP contribution in [0.1, 0.15) is 30.7 Å². The van der Waals surface area contributed by atoms with E-state index in [1.54, 1.807) is 18.3 Å². The Bertz CT molecular complexity index is 663. The van der Waals surface area contributed by atoms with Crippen molar-refractivity contribution in [2.75, 3.05) is 0 Å². The molecule has 1 heterocycles. The molecule has 21 heavy (non-hydrogen) atoms. The first-order chi connectivity index (χ1) is 9.88.